The summed E-state index contributed by atoms with van der Waals surface area (Å²) in [6.07, 6.45) is 0. The van der Waals surface area contributed by atoms with E-state index < -0.39 is 156 Å². The predicted molar refractivity (Wildman–Crippen MR) is 264 cm³/mol. The van der Waals surface area contributed by atoms with Gasteiger partial charge in [-0.25, -0.2) is 19.2 Å². The lowest BCUT2D eigenvalue weighted by Crippen LogP contribution is -2.52. The third kappa shape index (κ3) is 9.10. The molecule has 18 aliphatic heterocycles. The zero-order chi connectivity index (χ0) is 54.8. The summed E-state index contributed by atoms with van der Waals surface area (Å²) < 4.78 is 0. The Morgan fingerprint density at radius 1 is 0.355 bits per heavy atom. The quantitative estimate of drug-likeness (QED) is 0.105. The maximum absolute atomic E-state index is 14.1. The van der Waals surface area contributed by atoms with E-state index in [-0.39, 0.29) is 66.1 Å². The van der Waals surface area contributed by atoms with Crippen molar-refractivity contribution in [2.75, 3.05) is 42.6 Å². The summed E-state index contributed by atoms with van der Waals surface area (Å²) in [6, 6.07) is 2.07. The van der Waals surface area contributed by atoms with Crippen LogP contribution in [0.5, 0.6) is 0 Å². The van der Waals surface area contributed by atoms with Crippen LogP contribution in [-0.2, 0) is 33.6 Å². The maximum atomic E-state index is 14.1. The molecule has 4 aromatic carbocycles. The number of benzene rings is 4. The molecule has 390 valence electrons. The second-order valence-electron chi connectivity index (χ2n) is 17.1. The summed E-state index contributed by atoms with van der Waals surface area (Å²) in [7, 11) is 2.94. The van der Waals surface area contributed by atoms with Crippen molar-refractivity contribution in [2.45, 2.75) is 24.2 Å². The highest BCUT2D eigenvalue weighted by Crippen LogP contribution is 2.40. The van der Waals surface area contributed by atoms with Gasteiger partial charge >= 0.3 is 23.9 Å². The molecular formula is C46H33N7O19S4. The van der Waals surface area contributed by atoms with Crippen molar-refractivity contribution < 1.29 is 92.3 Å². The largest absolute Gasteiger partial charge is 0.480 e. The average Bonchev–Trinajstić information content (AvgIpc) is 3.57. The summed E-state index contributed by atoms with van der Waals surface area (Å²) in [4.78, 5) is 203. The Balaban J connectivity index is 1.00. The van der Waals surface area contributed by atoms with Crippen LogP contribution in [0.25, 0.3) is 21.5 Å². The number of nitrogens with one attached hydrogen (secondary N) is 3. The number of hydrogen-bond acceptors (Lipinski definition) is 19. The molecule has 0 saturated carbocycles. The fourth-order valence-electron chi connectivity index (χ4n) is 9.02. The fourth-order valence-corrected chi connectivity index (χ4v) is 13.7. The normalized spacial score (nSPS) is 22.0. The minimum Gasteiger partial charge on any atom is -0.480 e. The van der Waals surface area contributed by atoms with Crippen molar-refractivity contribution in [3.05, 3.63) is 93.0 Å². The van der Waals surface area contributed by atoms with Crippen LogP contribution in [0, 0.1) is 0 Å². The minimum absolute atomic E-state index is 0.128. The zero-order valence-electron chi connectivity index (χ0n) is 38.2. The number of carbonyl (C=O) groups excluding carboxylic acids is 11. The molecule has 0 spiro atoms. The lowest BCUT2D eigenvalue weighted by molar-refractivity contribution is -0.141. The van der Waals surface area contributed by atoms with Crippen LogP contribution < -0.4 is 16.0 Å². The Bertz CT molecular complexity index is 3320. The molecule has 76 heavy (non-hydrogen) atoms. The molecule has 30 heteroatoms. The molecule has 16 bridgehead atoms. The lowest BCUT2D eigenvalue weighted by atomic mass is 9.85. The predicted octanol–water partition coefficient (Wildman–Crippen LogP) is 0.0150. The van der Waals surface area contributed by atoms with Gasteiger partial charge in [-0.05, 0) is 48.5 Å². The highest BCUT2D eigenvalue weighted by molar-refractivity contribution is 8.77. The van der Waals surface area contributed by atoms with Crippen molar-refractivity contribution in [3.8, 4) is 0 Å². The van der Waals surface area contributed by atoms with Gasteiger partial charge in [0.1, 0.15) is 43.8 Å². The van der Waals surface area contributed by atoms with Gasteiger partial charge in [-0.3, -0.25) is 72.3 Å². The van der Waals surface area contributed by atoms with E-state index in [4.69, 9.17) is 0 Å². The van der Waals surface area contributed by atoms with E-state index in [2.05, 4.69) is 16.0 Å². The van der Waals surface area contributed by atoms with Crippen LogP contribution in [0.1, 0.15) is 82.9 Å². The third-order valence-corrected chi connectivity index (χ3v) is 17.4. The molecule has 26 nitrogen and oxygen atoms in total. The molecule has 0 saturated heterocycles. The van der Waals surface area contributed by atoms with E-state index in [9.17, 15) is 92.3 Å². The Labute approximate surface area is 439 Å². The van der Waals surface area contributed by atoms with Crippen molar-refractivity contribution >= 4 is 154 Å². The van der Waals surface area contributed by atoms with Crippen LogP contribution in [0.15, 0.2) is 48.5 Å². The first-order valence-electron chi connectivity index (χ1n) is 22.0. The first-order valence-corrected chi connectivity index (χ1v) is 27.0. The smallest absolute Gasteiger partial charge is 0.327 e. The first-order chi connectivity index (χ1) is 36.1. The molecule has 18 heterocycles. The number of hydrogen-bond donors (Lipinski definition) is 7. The maximum Gasteiger partial charge on any atom is 0.327 e. The first kappa shape index (κ1) is 52.5. The number of carboxylic acid groups (broad SMARTS) is 4. The van der Waals surface area contributed by atoms with E-state index in [1.807, 2.05) is 0 Å². The molecular weight excluding hydrogens is 1080 g/mol. The third-order valence-electron chi connectivity index (χ3n) is 12.6. The van der Waals surface area contributed by atoms with Gasteiger partial charge in [-0.1, -0.05) is 43.2 Å². The molecule has 4 atom stereocenters. The highest BCUT2D eigenvalue weighted by atomic mass is 33.1. The van der Waals surface area contributed by atoms with Crippen LogP contribution in [0.4, 0.5) is 0 Å². The molecule has 4 aromatic rings. The van der Waals surface area contributed by atoms with E-state index in [1.54, 1.807) is 0 Å². The Hall–Kier alpha value is -8.35. The molecule has 11 amide bonds. The SMILES string of the molecule is O=C1CN2C(=O)c3ccc4c5c(ccc(c35)C2=O)C(=O)N(CC(=O)N[C@H](C(=O)O)CSSC[C@@H](C(=O)O)N2C(=O)c3ccc5c6c(ccc(c36)C2=O)C(=O)N(CC(=O)N[C@H](C(=O)O)CSSC[C@@H](C(=O)O)N1)C5=O)C4=O. The summed E-state index contributed by atoms with van der Waals surface area (Å²) in [6.45, 7) is -3.03. The molecule has 0 aliphatic carbocycles. The number of aliphatic carboxylic acids is 4. The van der Waals surface area contributed by atoms with Gasteiger partial charge in [0.05, 0.1) is 0 Å². The second kappa shape index (κ2) is 20.4. The monoisotopic (exact) mass is 1120 g/mol. The van der Waals surface area contributed by atoms with Gasteiger partial charge in [0.15, 0.2) is 0 Å². The lowest BCUT2D eigenvalue weighted by Gasteiger charge is -2.34. The second-order valence-corrected chi connectivity index (χ2v) is 22.2. The molecule has 0 radical (unpaired) electrons. The van der Waals surface area contributed by atoms with E-state index in [0.717, 1.165) is 80.9 Å². The van der Waals surface area contributed by atoms with Gasteiger partial charge < -0.3 is 36.4 Å². The summed E-state index contributed by atoms with van der Waals surface area (Å²) in [5, 5.41) is 46.2. The number of nitrogens with zero attached hydrogens (tertiary/aromatic N) is 4. The van der Waals surface area contributed by atoms with Crippen molar-refractivity contribution in [1.82, 2.24) is 35.6 Å². The number of imide groups is 4. The van der Waals surface area contributed by atoms with Gasteiger partial charge in [0.2, 0.25) is 17.7 Å². The minimum atomic E-state index is -1.89. The van der Waals surface area contributed by atoms with Crippen molar-refractivity contribution in [1.29, 1.82) is 0 Å². The number of amides is 11. The average molecular weight is 1120 g/mol. The van der Waals surface area contributed by atoms with Crippen LogP contribution in [0.2, 0.25) is 0 Å². The Morgan fingerprint density at radius 3 is 0.803 bits per heavy atom. The van der Waals surface area contributed by atoms with Crippen molar-refractivity contribution in [2.24, 2.45) is 0 Å². The summed E-state index contributed by atoms with van der Waals surface area (Å²) in [5.74, 6) is -20.3. The summed E-state index contributed by atoms with van der Waals surface area (Å²) >= 11 is 0. The molecule has 0 fully saturated rings. The number of carboxylic acids is 4. The van der Waals surface area contributed by atoms with Gasteiger partial charge in [-0.2, -0.15) is 0 Å². The molecule has 0 unspecified atom stereocenters. The molecule has 22 rings (SSSR count). The van der Waals surface area contributed by atoms with Crippen molar-refractivity contribution in [3.63, 3.8) is 0 Å². The topological polar surface area (TPSA) is 386 Å². The molecule has 0 aromatic heterocycles. The standard InChI is InChI=1S/C46H33N7O19S4/c54-28-9-50-35(57)16-1-3-18-32-19(4-2-17(31(16)32)36(50)58)38(60)51(37(18)59)11-30(56)49-26(45(69)70)14-75-76-15-27(46(71)72)53-41(63)22-7-5-20-33-21(6-8-23(34(22)33)42(53)64)40(62)52(39(20)61)10-29(55)48-25(44(67)68)13-74-73-12-24(47-28)43(65)66/h1-8,24-27H,9-15H2,(H,47,54)(H,48,55)(H,49,56)(H,65,66)(H,67,68)(H,69,70)(H,71,72)/t24-,25-,26-,27-/m0/s1. The number of carbonyl (C=O) groups is 15. The van der Waals surface area contributed by atoms with E-state index in [0.29, 0.717) is 30.4 Å². The highest BCUT2D eigenvalue weighted by Gasteiger charge is 2.45. The molecule has 7 N–H and O–H groups in total. The summed E-state index contributed by atoms with van der Waals surface area (Å²) in [5.41, 5.74) is -1.93. The van der Waals surface area contributed by atoms with E-state index >= 15 is 0 Å². The zero-order valence-corrected chi connectivity index (χ0v) is 41.5. The van der Waals surface area contributed by atoms with Crippen LogP contribution in [0.3, 0.4) is 0 Å². The van der Waals surface area contributed by atoms with Gasteiger partial charge in [0.25, 0.3) is 47.3 Å². The van der Waals surface area contributed by atoms with Gasteiger partial charge in [-0.15, -0.1) is 0 Å². The van der Waals surface area contributed by atoms with E-state index in [1.165, 1.54) is 0 Å². The fraction of sp³-hybridized carbons (Fsp3) is 0.239. The number of rotatable bonds is 4. The van der Waals surface area contributed by atoms with Crippen LogP contribution >= 0.6 is 43.2 Å². The van der Waals surface area contributed by atoms with Crippen LogP contribution in [-0.4, -0.2) is 196 Å². The van der Waals surface area contributed by atoms with Gasteiger partial charge in [0, 0.05) is 89.1 Å². The Morgan fingerprint density at radius 2 is 0.579 bits per heavy atom. The Kier molecular flexibility index (Phi) is 14.1. The molecule has 18 aliphatic rings.